The summed E-state index contributed by atoms with van der Waals surface area (Å²) < 4.78 is 0.915. The molecule has 0 saturated heterocycles. The monoisotopic (exact) mass is 286 g/mol. The lowest BCUT2D eigenvalue weighted by molar-refractivity contribution is 0.417. The van der Waals surface area contributed by atoms with Crippen LogP contribution < -0.4 is 10.2 Å². The summed E-state index contributed by atoms with van der Waals surface area (Å²) in [5.74, 6) is 1.55. The molecule has 0 amide bonds. The number of nitrogens with one attached hydrogen (secondary N) is 1. The summed E-state index contributed by atoms with van der Waals surface area (Å²) in [6, 6.07) is 0. The Hall–Kier alpha value is -0.840. The number of hydrogen-bond donors (Lipinski definition) is 1. The lowest BCUT2D eigenvalue weighted by Gasteiger charge is -2.28. The fraction of sp³-hybridized carbons (Fsp3) is 0.636. The minimum atomic E-state index is 0.235. The summed E-state index contributed by atoms with van der Waals surface area (Å²) in [6.07, 6.45) is 1.77. The van der Waals surface area contributed by atoms with E-state index in [0.717, 1.165) is 16.8 Å². The fourth-order valence-electron chi connectivity index (χ4n) is 1.53. The molecule has 0 aromatic carbocycles. The van der Waals surface area contributed by atoms with E-state index in [0.29, 0.717) is 5.95 Å². The molecule has 1 aromatic rings. The molecule has 0 saturated carbocycles. The second kappa shape index (κ2) is 4.99. The van der Waals surface area contributed by atoms with Crippen LogP contribution in [0.25, 0.3) is 0 Å². The van der Waals surface area contributed by atoms with Crippen molar-refractivity contribution in [2.24, 2.45) is 5.41 Å². The van der Waals surface area contributed by atoms with E-state index in [2.05, 4.69) is 56.9 Å². The van der Waals surface area contributed by atoms with Crippen LogP contribution in [0.5, 0.6) is 0 Å². The normalized spacial score (nSPS) is 11.4. The first-order chi connectivity index (χ1) is 7.33. The molecule has 0 fully saturated rings. The predicted octanol–water partition coefficient (Wildman–Crippen LogP) is 2.76. The molecule has 0 aliphatic carbocycles. The van der Waals surface area contributed by atoms with Crippen molar-refractivity contribution < 1.29 is 0 Å². The Labute approximate surface area is 106 Å². The van der Waals surface area contributed by atoms with Gasteiger partial charge in [0, 0.05) is 26.8 Å². The van der Waals surface area contributed by atoms with Crippen molar-refractivity contribution in [2.75, 3.05) is 30.9 Å². The molecule has 1 rings (SSSR count). The van der Waals surface area contributed by atoms with Crippen LogP contribution in [0.3, 0.4) is 0 Å². The Bertz CT molecular complexity index is 359. The fourth-order valence-corrected chi connectivity index (χ4v) is 2.03. The summed E-state index contributed by atoms with van der Waals surface area (Å²) in [5, 5.41) is 2.94. The predicted molar refractivity (Wildman–Crippen MR) is 72.0 cm³/mol. The third kappa shape index (κ3) is 3.63. The maximum atomic E-state index is 4.43. The molecule has 0 spiro atoms. The van der Waals surface area contributed by atoms with Gasteiger partial charge in [0.1, 0.15) is 5.82 Å². The Kier molecular flexibility index (Phi) is 4.13. The molecule has 4 nitrogen and oxygen atoms in total. The third-order valence-electron chi connectivity index (χ3n) is 2.02. The van der Waals surface area contributed by atoms with Crippen molar-refractivity contribution >= 4 is 27.7 Å². The molecule has 0 bridgehead atoms. The summed E-state index contributed by atoms with van der Waals surface area (Å²) in [7, 11) is 3.86. The minimum absolute atomic E-state index is 0.235. The average Bonchev–Trinajstić information content (AvgIpc) is 2.15. The van der Waals surface area contributed by atoms with Gasteiger partial charge >= 0.3 is 0 Å². The van der Waals surface area contributed by atoms with Crippen LogP contribution in [0.1, 0.15) is 20.8 Å². The maximum Gasteiger partial charge on any atom is 0.224 e. The first kappa shape index (κ1) is 13.2. The largest absolute Gasteiger partial charge is 0.358 e. The molecular weight excluding hydrogens is 268 g/mol. The van der Waals surface area contributed by atoms with Gasteiger partial charge in [-0.3, -0.25) is 0 Å². The van der Waals surface area contributed by atoms with Gasteiger partial charge in [-0.15, -0.1) is 0 Å². The van der Waals surface area contributed by atoms with Crippen molar-refractivity contribution in [2.45, 2.75) is 20.8 Å². The molecule has 16 heavy (non-hydrogen) atoms. The van der Waals surface area contributed by atoms with Crippen molar-refractivity contribution in [1.82, 2.24) is 9.97 Å². The highest BCUT2D eigenvalue weighted by Gasteiger charge is 2.17. The zero-order chi connectivity index (χ0) is 12.3. The zero-order valence-corrected chi connectivity index (χ0v) is 12.1. The smallest absolute Gasteiger partial charge is 0.224 e. The molecule has 0 unspecified atom stereocenters. The minimum Gasteiger partial charge on any atom is -0.358 e. The van der Waals surface area contributed by atoms with Crippen LogP contribution in [-0.4, -0.2) is 30.6 Å². The van der Waals surface area contributed by atoms with Gasteiger partial charge in [-0.25, -0.2) is 4.98 Å². The lowest BCUT2D eigenvalue weighted by Crippen LogP contribution is -2.30. The van der Waals surface area contributed by atoms with Gasteiger partial charge in [0.2, 0.25) is 5.95 Å². The van der Waals surface area contributed by atoms with E-state index in [4.69, 9.17) is 0 Å². The molecule has 0 aliphatic rings. The van der Waals surface area contributed by atoms with Gasteiger partial charge in [-0.05, 0) is 21.3 Å². The van der Waals surface area contributed by atoms with Gasteiger partial charge in [0.05, 0.1) is 4.47 Å². The number of anilines is 2. The molecular formula is C11H19BrN4. The highest BCUT2D eigenvalue weighted by molar-refractivity contribution is 9.10. The van der Waals surface area contributed by atoms with Crippen LogP contribution in [0.15, 0.2) is 10.7 Å². The van der Waals surface area contributed by atoms with Gasteiger partial charge < -0.3 is 10.2 Å². The number of nitrogens with zero attached hydrogens (tertiary/aromatic N) is 3. The molecule has 0 atom stereocenters. The van der Waals surface area contributed by atoms with Crippen LogP contribution in [0.4, 0.5) is 11.8 Å². The molecule has 0 radical (unpaired) electrons. The molecule has 1 aromatic heterocycles. The summed E-state index contributed by atoms with van der Waals surface area (Å²) in [5.41, 5.74) is 0.235. The molecule has 1 heterocycles. The third-order valence-corrected chi connectivity index (χ3v) is 2.58. The number of aromatic nitrogens is 2. The van der Waals surface area contributed by atoms with E-state index in [-0.39, 0.29) is 5.41 Å². The zero-order valence-electron chi connectivity index (χ0n) is 10.5. The Balaban J connectivity index is 2.93. The Morgan fingerprint density at radius 2 is 2.06 bits per heavy atom. The standard InChI is InChI=1S/C11H19BrN4/c1-11(2,3)7-16(5)9-8(12)6-14-10(13-4)15-9/h6H,7H2,1-5H3,(H,13,14,15). The van der Waals surface area contributed by atoms with Crippen LogP contribution in [0.2, 0.25) is 0 Å². The molecule has 5 heteroatoms. The summed E-state index contributed by atoms with van der Waals surface area (Å²) in [4.78, 5) is 10.7. The summed E-state index contributed by atoms with van der Waals surface area (Å²) >= 11 is 3.47. The number of halogens is 1. The topological polar surface area (TPSA) is 41.1 Å². The van der Waals surface area contributed by atoms with Gasteiger partial charge in [-0.1, -0.05) is 20.8 Å². The molecule has 1 N–H and O–H groups in total. The van der Waals surface area contributed by atoms with E-state index in [1.54, 1.807) is 6.20 Å². The first-order valence-corrected chi connectivity index (χ1v) is 6.04. The van der Waals surface area contributed by atoms with E-state index >= 15 is 0 Å². The van der Waals surface area contributed by atoms with E-state index in [1.165, 1.54) is 0 Å². The first-order valence-electron chi connectivity index (χ1n) is 5.25. The Morgan fingerprint density at radius 3 is 2.56 bits per heavy atom. The van der Waals surface area contributed by atoms with Crippen molar-refractivity contribution in [3.05, 3.63) is 10.7 Å². The van der Waals surface area contributed by atoms with Crippen molar-refractivity contribution in [1.29, 1.82) is 0 Å². The van der Waals surface area contributed by atoms with Gasteiger partial charge in [0.25, 0.3) is 0 Å². The van der Waals surface area contributed by atoms with Crippen molar-refractivity contribution in [3.8, 4) is 0 Å². The maximum absolute atomic E-state index is 4.43. The van der Waals surface area contributed by atoms with Crippen molar-refractivity contribution in [3.63, 3.8) is 0 Å². The van der Waals surface area contributed by atoms with Crippen LogP contribution >= 0.6 is 15.9 Å². The van der Waals surface area contributed by atoms with Gasteiger partial charge in [0.15, 0.2) is 0 Å². The van der Waals surface area contributed by atoms with Crippen LogP contribution in [-0.2, 0) is 0 Å². The molecule has 0 aliphatic heterocycles. The highest BCUT2D eigenvalue weighted by atomic mass is 79.9. The van der Waals surface area contributed by atoms with E-state index in [1.807, 2.05) is 14.1 Å². The quantitative estimate of drug-likeness (QED) is 0.928. The second-order valence-electron chi connectivity index (χ2n) is 5.03. The Morgan fingerprint density at radius 1 is 1.44 bits per heavy atom. The molecule has 90 valence electrons. The highest BCUT2D eigenvalue weighted by Crippen LogP contribution is 2.26. The second-order valence-corrected chi connectivity index (χ2v) is 5.89. The SMILES string of the molecule is CNc1ncc(Br)c(N(C)CC(C)(C)C)n1. The van der Waals surface area contributed by atoms with Gasteiger partial charge in [-0.2, -0.15) is 4.98 Å². The van der Waals surface area contributed by atoms with E-state index < -0.39 is 0 Å². The number of hydrogen-bond acceptors (Lipinski definition) is 4. The average molecular weight is 287 g/mol. The lowest BCUT2D eigenvalue weighted by atomic mass is 9.96. The number of rotatable bonds is 3. The van der Waals surface area contributed by atoms with E-state index in [9.17, 15) is 0 Å². The summed E-state index contributed by atoms with van der Waals surface area (Å²) in [6.45, 7) is 7.55. The van der Waals surface area contributed by atoms with Crippen LogP contribution in [0, 0.1) is 5.41 Å².